The van der Waals surface area contributed by atoms with Crippen molar-refractivity contribution >= 4 is 17.4 Å². The van der Waals surface area contributed by atoms with Crippen molar-refractivity contribution in [3.05, 3.63) is 64.4 Å². The van der Waals surface area contributed by atoms with E-state index in [-0.39, 0.29) is 31.4 Å². The topological polar surface area (TPSA) is 55.8 Å². The van der Waals surface area contributed by atoms with E-state index in [0.717, 1.165) is 25.0 Å². The molecule has 1 saturated carbocycles. The second-order valence-corrected chi connectivity index (χ2v) is 8.53. The van der Waals surface area contributed by atoms with Gasteiger partial charge in [-0.2, -0.15) is 13.2 Å². The molecule has 192 valence electrons. The van der Waals surface area contributed by atoms with Crippen molar-refractivity contribution in [1.82, 2.24) is 4.90 Å². The van der Waals surface area contributed by atoms with Crippen molar-refractivity contribution in [3.8, 4) is 0 Å². The van der Waals surface area contributed by atoms with Crippen LogP contribution in [0.2, 0.25) is 0 Å². The average molecular weight is 494 g/mol. The Bertz CT molecular complexity index is 1000. The highest BCUT2D eigenvalue weighted by Crippen LogP contribution is 2.35. The standard InChI is InChI=1S/C27H34F3NO4/c1-6-31(26(33)21-10-11-21)17-22-16-23(27(28,29)30)12-13-24(22)18(3)14-20(9-8-19(4)34-5)15-25(32)35-7-2/h8-9,12-14,16,21H,6-7,10-11,15,17H2,1-5H3/b18-14+,19-8+,20-9+. The van der Waals surface area contributed by atoms with Gasteiger partial charge in [0.1, 0.15) is 0 Å². The molecule has 0 aromatic heterocycles. The monoisotopic (exact) mass is 493 g/mol. The highest BCUT2D eigenvalue weighted by atomic mass is 19.4. The predicted molar refractivity (Wildman–Crippen MR) is 129 cm³/mol. The van der Waals surface area contributed by atoms with Crippen LogP contribution in [0.25, 0.3) is 5.57 Å². The van der Waals surface area contributed by atoms with Crippen molar-refractivity contribution in [2.45, 2.75) is 59.7 Å². The van der Waals surface area contributed by atoms with Crippen LogP contribution >= 0.6 is 0 Å². The SMILES string of the molecule is CCOC(=O)CC(=C/C=C(\C)OC)/C=C(\C)c1ccc(C(F)(F)F)cc1CN(CC)C(=O)C1CC1. The zero-order valence-corrected chi connectivity index (χ0v) is 21.0. The maximum absolute atomic E-state index is 13.5. The maximum Gasteiger partial charge on any atom is 0.416 e. The van der Waals surface area contributed by atoms with Gasteiger partial charge in [-0.3, -0.25) is 9.59 Å². The Morgan fingerprint density at radius 3 is 2.37 bits per heavy atom. The summed E-state index contributed by atoms with van der Waals surface area (Å²) in [5, 5.41) is 0. The lowest BCUT2D eigenvalue weighted by molar-refractivity contribution is -0.142. The molecule has 1 amide bonds. The quantitative estimate of drug-likeness (QED) is 0.206. The molecule has 1 fully saturated rings. The Labute approximate surface area is 205 Å². The Morgan fingerprint density at radius 2 is 1.83 bits per heavy atom. The van der Waals surface area contributed by atoms with Gasteiger partial charge in [0.2, 0.25) is 5.91 Å². The Kier molecular flexibility index (Phi) is 10.2. The second-order valence-electron chi connectivity index (χ2n) is 8.53. The van der Waals surface area contributed by atoms with Crippen molar-refractivity contribution < 1.29 is 32.2 Å². The number of nitrogens with zero attached hydrogens (tertiary/aromatic N) is 1. The van der Waals surface area contributed by atoms with Crippen LogP contribution in [0.15, 0.2) is 47.8 Å². The number of amides is 1. The molecule has 0 N–H and O–H groups in total. The van der Waals surface area contributed by atoms with Crippen molar-refractivity contribution in [3.63, 3.8) is 0 Å². The van der Waals surface area contributed by atoms with E-state index < -0.39 is 17.7 Å². The third kappa shape index (κ3) is 8.60. The van der Waals surface area contributed by atoms with E-state index in [9.17, 15) is 22.8 Å². The smallest absolute Gasteiger partial charge is 0.416 e. The summed E-state index contributed by atoms with van der Waals surface area (Å²) in [6.45, 7) is 7.80. The number of methoxy groups -OCH3 is 1. The molecule has 35 heavy (non-hydrogen) atoms. The van der Waals surface area contributed by atoms with Gasteiger partial charge in [-0.1, -0.05) is 18.2 Å². The fourth-order valence-electron chi connectivity index (χ4n) is 3.61. The lowest BCUT2D eigenvalue weighted by Crippen LogP contribution is -2.32. The normalized spacial score (nSPS) is 15.1. The first kappa shape index (κ1) is 28.2. The van der Waals surface area contributed by atoms with Gasteiger partial charge in [0.15, 0.2) is 0 Å². The number of carbonyl (C=O) groups is 2. The van der Waals surface area contributed by atoms with Gasteiger partial charge in [0, 0.05) is 19.0 Å². The van der Waals surface area contributed by atoms with Crippen LogP contribution in [0.3, 0.4) is 0 Å². The van der Waals surface area contributed by atoms with Gasteiger partial charge in [0.05, 0.1) is 31.5 Å². The summed E-state index contributed by atoms with van der Waals surface area (Å²) in [6.07, 6.45) is 2.31. The number of halogens is 3. The first-order chi connectivity index (χ1) is 16.5. The first-order valence-corrected chi connectivity index (χ1v) is 11.7. The molecular formula is C27H34F3NO4. The Morgan fingerprint density at radius 1 is 1.14 bits per heavy atom. The van der Waals surface area contributed by atoms with Crippen molar-refractivity contribution in [2.24, 2.45) is 5.92 Å². The zero-order chi connectivity index (χ0) is 26.2. The third-order valence-corrected chi connectivity index (χ3v) is 5.75. The number of hydrogen-bond acceptors (Lipinski definition) is 4. The number of rotatable bonds is 11. The van der Waals surface area contributed by atoms with Gasteiger partial charge in [-0.25, -0.2) is 0 Å². The van der Waals surface area contributed by atoms with E-state index in [0.29, 0.717) is 34.6 Å². The minimum atomic E-state index is -4.50. The van der Waals surface area contributed by atoms with E-state index in [1.165, 1.54) is 13.2 Å². The Hall–Kier alpha value is -3.03. The number of alkyl halides is 3. The summed E-state index contributed by atoms with van der Waals surface area (Å²) in [5.74, 6) is 0.159. The van der Waals surface area contributed by atoms with Gasteiger partial charge < -0.3 is 14.4 Å². The minimum Gasteiger partial charge on any atom is -0.501 e. The second kappa shape index (κ2) is 12.6. The molecule has 5 nitrogen and oxygen atoms in total. The molecule has 8 heteroatoms. The summed E-state index contributed by atoms with van der Waals surface area (Å²) < 4.78 is 50.6. The van der Waals surface area contributed by atoms with Gasteiger partial charge in [-0.05, 0) is 81.0 Å². The molecule has 2 rings (SSSR count). The summed E-state index contributed by atoms with van der Waals surface area (Å²) in [7, 11) is 1.53. The van der Waals surface area contributed by atoms with Gasteiger partial charge in [-0.15, -0.1) is 0 Å². The minimum absolute atomic E-state index is 0.00407. The molecule has 0 unspecified atom stereocenters. The molecule has 0 spiro atoms. The molecule has 1 aromatic rings. The van der Waals surface area contributed by atoms with Gasteiger partial charge in [0.25, 0.3) is 0 Å². The average Bonchev–Trinajstić information content (AvgIpc) is 3.65. The molecule has 1 aliphatic carbocycles. The van der Waals surface area contributed by atoms with Crippen LogP contribution < -0.4 is 0 Å². The fraction of sp³-hybridized carbons (Fsp3) is 0.481. The molecule has 0 bridgehead atoms. The van der Waals surface area contributed by atoms with E-state index in [2.05, 4.69) is 0 Å². The first-order valence-electron chi connectivity index (χ1n) is 11.7. The molecule has 0 aliphatic heterocycles. The van der Waals surface area contributed by atoms with Crippen molar-refractivity contribution in [2.75, 3.05) is 20.3 Å². The largest absolute Gasteiger partial charge is 0.501 e. The van der Waals surface area contributed by atoms with E-state index in [1.54, 1.807) is 43.9 Å². The number of ether oxygens (including phenoxy) is 2. The van der Waals surface area contributed by atoms with Crippen LogP contribution in [0, 0.1) is 5.92 Å². The van der Waals surface area contributed by atoms with Crippen LogP contribution in [0.4, 0.5) is 13.2 Å². The van der Waals surface area contributed by atoms with Crippen LogP contribution in [0.1, 0.15) is 63.6 Å². The molecule has 0 heterocycles. The summed E-state index contributed by atoms with van der Waals surface area (Å²) in [4.78, 5) is 26.4. The molecule has 1 aliphatic rings. The lowest BCUT2D eigenvalue weighted by Gasteiger charge is -2.24. The lowest BCUT2D eigenvalue weighted by atomic mass is 9.95. The molecule has 0 saturated heterocycles. The summed E-state index contributed by atoms with van der Waals surface area (Å²) in [5.41, 5.74) is 1.51. The molecule has 0 radical (unpaired) electrons. The van der Waals surface area contributed by atoms with E-state index >= 15 is 0 Å². The predicted octanol–water partition coefficient (Wildman–Crippen LogP) is 6.30. The maximum atomic E-state index is 13.5. The van der Waals surface area contributed by atoms with Crippen molar-refractivity contribution in [1.29, 1.82) is 0 Å². The van der Waals surface area contributed by atoms with E-state index in [1.807, 2.05) is 6.92 Å². The third-order valence-electron chi connectivity index (χ3n) is 5.75. The molecule has 0 atom stereocenters. The van der Waals surface area contributed by atoms with Crippen LogP contribution in [0.5, 0.6) is 0 Å². The number of hydrogen-bond donors (Lipinski definition) is 0. The Balaban J connectivity index is 2.50. The summed E-state index contributed by atoms with van der Waals surface area (Å²) >= 11 is 0. The van der Waals surface area contributed by atoms with Crippen LogP contribution in [-0.4, -0.2) is 37.0 Å². The number of allylic oxidation sites excluding steroid dienone is 5. The highest BCUT2D eigenvalue weighted by molar-refractivity contribution is 5.81. The number of esters is 1. The molecule has 1 aromatic carbocycles. The highest BCUT2D eigenvalue weighted by Gasteiger charge is 2.34. The van der Waals surface area contributed by atoms with Crippen LogP contribution in [-0.2, 0) is 31.8 Å². The molecular weight excluding hydrogens is 459 g/mol. The van der Waals surface area contributed by atoms with Gasteiger partial charge >= 0.3 is 12.1 Å². The zero-order valence-electron chi connectivity index (χ0n) is 21.0. The fourth-order valence-corrected chi connectivity index (χ4v) is 3.61. The van der Waals surface area contributed by atoms with E-state index in [4.69, 9.17) is 9.47 Å². The summed E-state index contributed by atoms with van der Waals surface area (Å²) in [6, 6.07) is 3.58. The number of benzene rings is 1. The number of carbonyl (C=O) groups excluding carboxylic acids is 2.